The quantitative estimate of drug-likeness (QED) is 0.642. The number of likely N-dealkylation sites (N-methyl/N-ethyl adjacent to an activating group) is 1. The molecule has 1 saturated carbocycles. The van der Waals surface area contributed by atoms with E-state index in [4.69, 9.17) is 0 Å². The van der Waals surface area contributed by atoms with Crippen LogP contribution < -0.4 is 5.32 Å². The molecule has 0 amide bonds. The predicted molar refractivity (Wildman–Crippen MR) is 89.5 cm³/mol. The van der Waals surface area contributed by atoms with Gasteiger partial charge in [-0.3, -0.25) is 4.99 Å². The summed E-state index contributed by atoms with van der Waals surface area (Å²) in [6.45, 7) is 1.83. The fourth-order valence-electron chi connectivity index (χ4n) is 2.76. The lowest BCUT2D eigenvalue weighted by molar-refractivity contribution is 0.262. The van der Waals surface area contributed by atoms with Crippen molar-refractivity contribution in [2.24, 2.45) is 10.9 Å². The molecular formula is C17H28N4. The maximum Gasteiger partial charge on any atom is 0.193 e. The number of benzene rings is 1. The minimum atomic E-state index is 0.604. The third kappa shape index (κ3) is 4.74. The Labute approximate surface area is 128 Å². The first kappa shape index (κ1) is 15.8. The SMILES string of the molecule is CN=C(NCC(C1CC1)N(C)C)N(C)Cc1ccccc1. The monoisotopic (exact) mass is 288 g/mol. The van der Waals surface area contributed by atoms with Crippen molar-refractivity contribution in [1.82, 2.24) is 15.1 Å². The van der Waals surface area contributed by atoms with Gasteiger partial charge in [0, 0.05) is 33.2 Å². The molecule has 0 spiro atoms. The summed E-state index contributed by atoms with van der Waals surface area (Å²) >= 11 is 0. The maximum atomic E-state index is 4.41. The van der Waals surface area contributed by atoms with Gasteiger partial charge in [0.05, 0.1) is 0 Å². The fraction of sp³-hybridized carbons (Fsp3) is 0.588. The number of hydrogen-bond acceptors (Lipinski definition) is 2. The molecule has 0 bridgehead atoms. The first-order chi connectivity index (χ1) is 10.1. The summed E-state index contributed by atoms with van der Waals surface area (Å²) in [5, 5.41) is 3.53. The van der Waals surface area contributed by atoms with E-state index in [2.05, 4.69) is 65.5 Å². The third-order valence-corrected chi connectivity index (χ3v) is 4.13. The van der Waals surface area contributed by atoms with Crippen molar-refractivity contribution in [2.45, 2.75) is 25.4 Å². The van der Waals surface area contributed by atoms with E-state index < -0.39 is 0 Å². The van der Waals surface area contributed by atoms with Crippen LogP contribution in [0.2, 0.25) is 0 Å². The van der Waals surface area contributed by atoms with Gasteiger partial charge in [0.25, 0.3) is 0 Å². The molecule has 1 N–H and O–H groups in total. The molecule has 0 aliphatic heterocycles. The number of guanidine groups is 1. The zero-order valence-corrected chi connectivity index (χ0v) is 13.7. The van der Waals surface area contributed by atoms with Gasteiger partial charge in [-0.15, -0.1) is 0 Å². The van der Waals surface area contributed by atoms with Gasteiger partial charge in [0.1, 0.15) is 0 Å². The molecule has 116 valence electrons. The van der Waals surface area contributed by atoms with Crippen LogP contribution in [0.1, 0.15) is 18.4 Å². The van der Waals surface area contributed by atoms with Gasteiger partial charge in [0.2, 0.25) is 0 Å². The van der Waals surface area contributed by atoms with Crippen LogP contribution in [0, 0.1) is 5.92 Å². The molecule has 0 saturated heterocycles. The van der Waals surface area contributed by atoms with Gasteiger partial charge >= 0.3 is 0 Å². The Kier molecular flexibility index (Phi) is 5.62. The van der Waals surface area contributed by atoms with Crippen LogP contribution >= 0.6 is 0 Å². The van der Waals surface area contributed by atoms with Crippen molar-refractivity contribution in [3.63, 3.8) is 0 Å². The van der Waals surface area contributed by atoms with Gasteiger partial charge in [0.15, 0.2) is 5.96 Å². The normalized spacial score (nSPS) is 16.9. The number of nitrogens with one attached hydrogen (secondary N) is 1. The third-order valence-electron chi connectivity index (χ3n) is 4.13. The van der Waals surface area contributed by atoms with Gasteiger partial charge in [-0.05, 0) is 38.4 Å². The van der Waals surface area contributed by atoms with Gasteiger partial charge < -0.3 is 15.1 Å². The van der Waals surface area contributed by atoms with E-state index in [9.17, 15) is 0 Å². The van der Waals surface area contributed by atoms with E-state index in [0.29, 0.717) is 6.04 Å². The van der Waals surface area contributed by atoms with Crippen molar-refractivity contribution in [3.05, 3.63) is 35.9 Å². The van der Waals surface area contributed by atoms with Crippen molar-refractivity contribution in [1.29, 1.82) is 0 Å². The zero-order valence-electron chi connectivity index (χ0n) is 13.7. The van der Waals surface area contributed by atoms with Crippen LogP contribution in [0.4, 0.5) is 0 Å². The van der Waals surface area contributed by atoms with Crippen molar-refractivity contribution >= 4 is 5.96 Å². The van der Waals surface area contributed by atoms with Crippen molar-refractivity contribution in [3.8, 4) is 0 Å². The van der Waals surface area contributed by atoms with Gasteiger partial charge in [-0.1, -0.05) is 30.3 Å². The lowest BCUT2D eigenvalue weighted by atomic mass is 10.1. The second kappa shape index (κ2) is 7.46. The highest BCUT2D eigenvalue weighted by atomic mass is 15.3. The Hall–Kier alpha value is -1.55. The predicted octanol–water partition coefficient (Wildman–Crippen LogP) is 2.03. The molecule has 1 atom stereocenters. The summed E-state index contributed by atoms with van der Waals surface area (Å²) < 4.78 is 0. The molecule has 0 radical (unpaired) electrons. The van der Waals surface area contributed by atoms with E-state index >= 15 is 0 Å². The van der Waals surface area contributed by atoms with Crippen LogP contribution in [0.3, 0.4) is 0 Å². The van der Waals surface area contributed by atoms with Crippen molar-refractivity contribution in [2.75, 3.05) is 34.7 Å². The second-order valence-corrected chi connectivity index (χ2v) is 6.14. The summed E-state index contributed by atoms with van der Waals surface area (Å²) in [5.74, 6) is 1.82. The Balaban J connectivity index is 1.87. The van der Waals surface area contributed by atoms with E-state index in [0.717, 1.165) is 25.0 Å². The molecular weight excluding hydrogens is 260 g/mol. The summed E-state index contributed by atoms with van der Waals surface area (Å²) in [6, 6.07) is 11.1. The molecule has 0 heterocycles. The largest absolute Gasteiger partial charge is 0.355 e. The number of hydrogen-bond donors (Lipinski definition) is 1. The van der Waals surface area contributed by atoms with Crippen LogP contribution in [0.25, 0.3) is 0 Å². The topological polar surface area (TPSA) is 30.9 Å². The molecule has 1 fully saturated rings. The average molecular weight is 288 g/mol. The molecule has 1 aliphatic carbocycles. The van der Waals surface area contributed by atoms with E-state index in [1.807, 2.05) is 13.1 Å². The molecule has 1 aromatic rings. The lowest BCUT2D eigenvalue weighted by Gasteiger charge is -2.28. The van der Waals surface area contributed by atoms with E-state index in [1.54, 1.807) is 0 Å². The van der Waals surface area contributed by atoms with Gasteiger partial charge in [-0.25, -0.2) is 0 Å². The van der Waals surface area contributed by atoms with Crippen LogP contribution in [-0.4, -0.2) is 56.5 Å². The fourth-order valence-corrected chi connectivity index (χ4v) is 2.76. The highest BCUT2D eigenvalue weighted by Gasteiger charge is 2.32. The standard InChI is InChI=1S/C17H28N4/c1-18-17(19-12-16(20(2)3)15-10-11-15)21(4)13-14-8-6-5-7-9-14/h5-9,15-16H,10-13H2,1-4H3,(H,18,19). The molecule has 4 nitrogen and oxygen atoms in total. The average Bonchev–Trinajstić information content (AvgIpc) is 3.28. The second-order valence-electron chi connectivity index (χ2n) is 6.14. The van der Waals surface area contributed by atoms with Crippen LogP contribution in [-0.2, 0) is 6.54 Å². The molecule has 4 heteroatoms. The number of rotatable bonds is 6. The zero-order chi connectivity index (χ0) is 15.2. The first-order valence-electron chi connectivity index (χ1n) is 7.74. The minimum Gasteiger partial charge on any atom is -0.355 e. The summed E-state index contributed by atoms with van der Waals surface area (Å²) in [6.07, 6.45) is 2.73. The molecule has 2 rings (SSSR count). The first-order valence-corrected chi connectivity index (χ1v) is 7.74. The smallest absolute Gasteiger partial charge is 0.193 e. The summed E-state index contributed by atoms with van der Waals surface area (Å²) in [7, 11) is 8.28. The summed E-state index contributed by atoms with van der Waals surface area (Å²) in [4.78, 5) is 8.91. The van der Waals surface area contributed by atoms with Gasteiger partial charge in [-0.2, -0.15) is 0 Å². The Morgan fingerprint density at radius 2 is 1.90 bits per heavy atom. The highest BCUT2D eigenvalue weighted by molar-refractivity contribution is 5.79. The number of nitrogens with zero attached hydrogens (tertiary/aromatic N) is 3. The minimum absolute atomic E-state index is 0.604. The highest BCUT2D eigenvalue weighted by Crippen LogP contribution is 2.34. The van der Waals surface area contributed by atoms with Crippen LogP contribution in [0.15, 0.2) is 35.3 Å². The maximum absolute atomic E-state index is 4.41. The van der Waals surface area contributed by atoms with E-state index in [1.165, 1.54) is 18.4 Å². The Bertz CT molecular complexity index is 449. The lowest BCUT2D eigenvalue weighted by Crippen LogP contribution is -2.46. The Morgan fingerprint density at radius 1 is 1.24 bits per heavy atom. The van der Waals surface area contributed by atoms with Crippen molar-refractivity contribution < 1.29 is 0 Å². The molecule has 1 aliphatic rings. The number of aliphatic imine (C=N–C) groups is 1. The molecule has 1 aromatic carbocycles. The molecule has 21 heavy (non-hydrogen) atoms. The van der Waals surface area contributed by atoms with Crippen LogP contribution in [0.5, 0.6) is 0 Å². The Morgan fingerprint density at radius 3 is 2.43 bits per heavy atom. The molecule has 1 unspecified atom stereocenters. The molecule has 0 aromatic heterocycles. The van der Waals surface area contributed by atoms with E-state index in [-0.39, 0.29) is 0 Å². The summed E-state index contributed by atoms with van der Waals surface area (Å²) in [5.41, 5.74) is 1.30.